The number of hydrogen-bond acceptors (Lipinski definition) is 7. The van der Waals surface area contributed by atoms with Gasteiger partial charge in [0.2, 0.25) is 10.0 Å². The molecule has 124 valence electrons. The lowest BCUT2D eigenvalue weighted by Gasteiger charge is -2.09. The van der Waals surface area contributed by atoms with E-state index >= 15 is 0 Å². The molecule has 1 aromatic heterocycles. The molecule has 23 heavy (non-hydrogen) atoms. The van der Waals surface area contributed by atoms with Gasteiger partial charge in [-0.2, -0.15) is 9.97 Å². The lowest BCUT2D eigenvalue weighted by Crippen LogP contribution is -2.26. The minimum Gasteiger partial charge on any atom is -0.467 e. The molecular weight excluding hydrogens is 334 g/mol. The molecule has 0 atom stereocenters. The van der Waals surface area contributed by atoms with Crippen LogP contribution < -0.4 is 14.2 Å². The first-order valence-electron chi connectivity index (χ1n) is 6.14. The van der Waals surface area contributed by atoms with Crippen LogP contribution in [0.5, 0.6) is 12.0 Å². The number of methoxy groups -OCH3 is 2. The number of sulfonamides is 1. The second kappa shape index (κ2) is 6.79. The smallest absolute Gasteiger partial charge is 0.322 e. The zero-order valence-electron chi connectivity index (χ0n) is 12.1. The summed E-state index contributed by atoms with van der Waals surface area (Å²) in [4.78, 5) is 10.3. The van der Waals surface area contributed by atoms with Crippen molar-refractivity contribution >= 4 is 10.0 Å². The Bertz CT molecular complexity index is 774. The van der Waals surface area contributed by atoms with Gasteiger partial charge in [-0.15, -0.1) is 4.98 Å². The Morgan fingerprint density at radius 2 is 1.57 bits per heavy atom. The molecule has 2 aromatic rings. The molecular formula is C12H12F2N4O4S. The minimum atomic E-state index is -4.44. The molecule has 0 radical (unpaired) electrons. The Hall–Kier alpha value is -2.40. The highest BCUT2D eigenvalue weighted by atomic mass is 32.2. The number of rotatable bonds is 6. The van der Waals surface area contributed by atoms with E-state index in [1.807, 2.05) is 4.72 Å². The molecule has 0 aliphatic rings. The van der Waals surface area contributed by atoms with Gasteiger partial charge >= 0.3 is 12.0 Å². The summed E-state index contributed by atoms with van der Waals surface area (Å²) >= 11 is 0. The van der Waals surface area contributed by atoms with Crippen molar-refractivity contribution in [2.75, 3.05) is 14.2 Å². The van der Waals surface area contributed by atoms with Gasteiger partial charge in [-0.25, -0.2) is 21.9 Å². The molecule has 1 aromatic carbocycles. The Balaban J connectivity index is 2.26. The molecule has 1 heterocycles. The maximum atomic E-state index is 13.6. The Labute approximate surface area is 130 Å². The quantitative estimate of drug-likeness (QED) is 0.819. The van der Waals surface area contributed by atoms with E-state index in [1.165, 1.54) is 14.2 Å². The van der Waals surface area contributed by atoms with E-state index in [1.54, 1.807) is 0 Å². The van der Waals surface area contributed by atoms with Crippen molar-refractivity contribution in [2.24, 2.45) is 0 Å². The lowest BCUT2D eigenvalue weighted by atomic mass is 10.3. The number of benzene rings is 1. The van der Waals surface area contributed by atoms with Crippen molar-refractivity contribution in [1.29, 1.82) is 0 Å². The molecule has 0 spiro atoms. The zero-order valence-corrected chi connectivity index (χ0v) is 12.9. The first kappa shape index (κ1) is 17.0. The number of aromatic nitrogens is 3. The summed E-state index contributed by atoms with van der Waals surface area (Å²) < 4.78 is 62.8. The third-order valence-electron chi connectivity index (χ3n) is 2.61. The summed E-state index contributed by atoms with van der Waals surface area (Å²) in [5, 5.41) is 0. The van der Waals surface area contributed by atoms with Crippen molar-refractivity contribution < 1.29 is 26.7 Å². The summed E-state index contributed by atoms with van der Waals surface area (Å²) in [6, 6.07) is 2.55. The van der Waals surface area contributed by atoms with E-state index in [4.69, 9.17) is 9.47 Å². The number of hydrogen-bond donors (Lipinski definition) is 1. The summed E-state index contributed by atoms with van der Waals surface area (Å²) in [5.74, 6) is -2.46. The van der Waals surface area contributed by atoms with Gasteiger partial charge in [-0.05, 0) is 12.1 Å². The van der Waals surface area contributed by atoms with Gasteiger partial charge in [0.25, 0.3) is 0 Å². The van der Waals surface area contributed by atoms with Crippen LogP contribution in [0, 0.1) is 11.6 Å². The van der Waals surface area contributed by atoms with Crippen LogP contribution in [0.4, 0.5) is 8.78 Å². The van der Waals surface area contributed by atoms with Crippen molar-refractivity contribution in [3.05, 3.63) is 35.7 Å². The predicted octanol–water partition coefficient (Wildman–Crippen LogP) is 0.646. The second-order valence-corrected chi connectivity index (χ2v) is 5.80. The number of ether oxygens (including phenoxy) is 2. The van der Waals surface area contributed by atoms with Crippen molar-refractivity contribution in [1.82, 2.24) is 19.7 Å². The molecule has 0 saturated heterocycles. The number of nitrogens with one attached hydrogen (secondary N) is 1. The van der Waals surface area contributed by atoms with Crippen LogP contribution in [-0.4, -0.2) is 37.6 Å². The Morgan fingerprint density at radius 1 is 1.04 bits per heavy atom. The van der Waals surface area contributed by atoms with Crippen molar-refractivity contribution in [3.63, 3.8) is 0 Å². The molecule has 2 rings (SSSR count). The molecule has 0 aliphatic heterocycles. The average molecular weight is 346 g/mol. The maximum Gasteiger partial charge on any atom is 0.322 e. The van der Waals surface area contributed by atoms with Crippen molar-refractivity contribution in [2.45, 2.75) is 11.4 Å². The van der Waals surface area contributed by atoms with Gasteiger partial charge in [0.15, 0.2) is 10.7 Å². The standard InChI is InChI=1S/C12H12F2N4O4S/c1-21-11-16-9(17-12(18-11)22-2)6-15-23(19,20)10-7(13)4-3-5-8(10)14/h3-5,15H,6H2,1-2H3. The molecule has 0 aliphatic carbocycles. The van der Waals surface area contributed by atoms with Crippen LogP contribution in [0.2, 0.25) is 0 Å². The molecule has 0 amide bonds. The van der Waals surface area contributed by atoms with Gasteiger partial charge in [0.05, 0.1) is 20.8 Å². The molecule has 0 unspecified atom stereocenters. The van der Waals surface area contributed by atoms with Crippen molar-refractivity contribution in [3.8, 4) is 12.0 Å². The van der Waals surface area contributed by atoms with Crippen LogP contribution in [-0.2, 0) is 16.6 Å². The van der Waals surface area contributed by atoms with Crippen LogP contribution in [0.15, 0.2) is 23.1 Å². The fourth-order valence-corrected chi connectivity index (χ4v) is 2.72. The lowest BCUT2D eigenvalue weighted by molar-refractivity contribution is 0.336. The van der Waals surface area contributed by atoms with Crippen LogP contribution >= 0.6 is 0 Å². The minimum absolute atomic E-state index is 0.0472. The third kappa shape index (κ3) is 3.87. The number of halogens is 2. The predicted molar refractivity (Wildman–Crippen MR) is 73.3 cm³/mol. The molecule has 8 nitrogen and oxygen atoms in total. The van der Waals surface area contributed by atoms with Gasteiger partial charge in [0.1, 0.15) is 11.6 Å². The fourth-order valence-electron chi connectivity index (χ4n) is 1.61. The first-order valence-corrected chi connectivity index (χ1v) is 7.62. The summed E-state index contributed by atoms with van der Waals surface area (Å²) in [7, 11) is -1.83. The Morgan fingerprint density at radius 3 is 2.04 bits per heavy atom. The van der Waals surface area contributed by atoms with Gasteiger partial charge in [0, 0.05) is 0 Å². The highest BCUT2D eigenvalue weighted by Crippen LogP contribution is 2.18. The van der Waals surface area contributed by atoms with E-state index < -0.39 is 33.1 Å². The van der Waals surface area contributed by atoms with E-state index in [0.717, 1.165) is 18.2 Å². The molecule has 0 bridgehead atoms. The largest absolute Gasteiger partial charge is 0.467 e. The van der Waals surface area contributed by atoms with E-state index in [-0.39, 0.29) is 17.8 Å². The number of nitrogens with zero attached hydrogens (tertiary/aromatic N) is 3. The van der Waals surface area contributed by atoms with Crippen LogP contribution in [0.3, 0.4) is 0 Å². The zero-order chi connectivity index (χ0) is 17.0. The summed E-state index contributed by atoms with van der Waals surface area (Å²) in [6.45, 7) is -0.439. The molecule has 0 saturated carbocycles. The van der Waals surface area contributed by atoms with E-state index in [2.05, 4.69) is 15.0 Å². The first-order chi connectivity index (χ1) is 10.9. The average Bonchev–Trinajstić information content (AvgIpc) is 2.52. The van der Waals surface area contributed by atoms with E-state index in [0.29, 0.717) is 0 Å². The van der Waals surface area contributed by atoms with Crippen LogP contribution in [0.1, 0.15) is 5.82 Å². The normalized spacial score (nSPS) is 11.3. The van der Waals surface area contributed by atoms with E-state index in [9.17, 15) is 17.2 Å². The Kier molecular flexibility index (Phi) is 5.01. The third-order valence-corrected chi connectivity index (χ3v) is 4.07. The molecule has 0 fully saturated rings. The molecule has 11 heteroatoms. The summed E-state index contributed by atoms with van der Waals surface area (Å²) in [5.41, 5.74) is 0. The fraction of sp³-hybridized carbons (Fsp3) is 0.250. The van der Waals surface area contributed by atoms with Gasteiger partial charge < -0.3 is 9.47 Å². The maximum absolute atomic E-state index is 13.6. The highest BCUT2D eigenvalue weighted by Gasteiger charge is 2.24. The van der Waals surface area contributed by atoms with Gasteiger partial charge in [-0.1, -0.05) is 6.07 Å². The van der Waals surface area contributed by atoms with Gasteiger partial charge in [-0.3, -0.25) is 0 Å². The second-order valence-electron chi connectivity index (χ2n) is 4.10. The molecule has 1 N–H and O–H groups in total. The highest BCUT2D eigenvalue weighted by molar-refractivity contribution is 7.89. The summed E-state index contributed by atoms with van der Waals surface area (Å²) in [6.07, 6.45) is 0. The topological polar surface area (TPSA) is 103 Å². The monoisotopic (exact) mass is 346 g/mol. The SMILES string of the molecule is COc1nc(CNS(=O)(=O)c2c(F)cccc2F)nc(OC)n1. The van der Waals surface area contributed by atoms with Crippen LogP contribution in [0.25, 0.3) is 0 Å².